The molecule has 0 saturated carbocycles. The van der Waals surface area contributed by atoms with Crippen LogP contribution in [-0.2, 0) is 6.54 Å². The lowest BCUT2D eigenvalue weighted by Gasteiger charge is -2.05. The molecule has 2 rings (SSSR count). The highest BCUT2D eigenvalue weighted by Crippen LogP contribution is 2.09. The predicted molar refractivity (Wildman–Crippen MR) is 71.3 cm³/mol. The van der Waals surface area contributed by atoms with E-state index in [9.17, 15) is 4.79 Å². The van der Waals surface area contributed by atoms with Gasteiger partial charge in [0.2, 0.25) is 0 Å². The van der Waals surface area contributed by atoms with Crippen LogP contribution in [0.3, 0.4) is 0 Å². The van der Waals surface area contributed by atoms with Crippen LogP contribution in [0.25, 0.3) is 0 Å². The molecule has 0 saturated heterocycles. The number of nitrogens with zero attached hydrogens (tertiary/aromatic N) is 1. The van der Waals surface area contributed by atoms with Gasteiger partial charge in [-0.1, -0.05) is 23.7 Å². The fourth-order valence-corrected chi connectivity index (χ4v) is 1.54. The summed E-state index contributed by atoms with van der Waals surface area (Å²) in [4.78, 5) is 15.7. The van der Waals surface area contributed by atoms with Crippen molar-refractivity contribution in [1.82, 2.24) is 10.3 Å². The van der Waals surface area contributed by atoms with Crippen molar-refractivity contribution >= 4 is 23.2 Å². The van der Waals surface area contributed by atoms with Gasteiger partial charge in [-0.3, -0.25) is 4.79 Å². The van der Waals surface area contributed by atoms with Crippen LogP contribution in [0.15, 0.2) is 42.6 Å². The van der Waals surface area contributed by atoms with E-state index in [0.717, 1.165) is 5.56 Å². The highest BCUT2D eigenvalue weighted by Gasteiger charge is 2.06. The van der Waals surface area contributed by atoms with Crippen molar-refractivity contribution in [2.45, 2.75) is 6.54 Å². The molecule has 3 N–H and O–H groups in total. The molecule has 4 nitrogen and oxygen atoms in total. The highest BCUT2D eigenvalue weighted by molar-refractivity contribution is 6.30. The first-order valence-corrected chi connectivity index (χ1v) is 5.77. The first-order valence-electron chi connectivity index (χ1n) is 5.39. The number of benzene rings is 1. The third-order valence-electron chi connectivity index (χ3n) is 2.39. The molecule has 0 spiro atoms. The van der Waals surface area contributed by atoms with Crippen molar-refractivity contribution < 1.29 is 4.79 Å². The summed E-state index contributed by atoms with van der Waals surface area (Å²) in [6.45, 7) is 0.433. The van der Waals surface area contributed by atoms with E-state index < -0.39 is 0 Å². The number of halogens is 1. The van der Waals surface area contributed by atoms with Crippen molar-refractivity contribution in [3.05, 3.63) is 58.9 Å². The summed E-state index contributed by atoms with van der Waals surface area (Å²) in [7, 11) is 0. The second-order valence-corrected chi connectivity index (χ2v) is 4.22. The number of amides is 1. The van der Waals surface area contributed by atoms with Gasteiger partial charge in [0.25, 0.3) is 5.91 Å². The normalized spacial score (nSPS) is 10.1. The molecule has 0 aliphatic rings. The molecule has 1 amide bonds. The molecule has 0 radical (unpaired) electrons. The average Bonchev–Trinajstić information content (AvgIpc) is 2.38. The number of anilines is 1. The Labute approximate surface area is 110 Å². The van der Waals surface area contributed by atoms with Crippen molar-refractivity contribution in [1.29, 1.82) is 0 Å². The maximum absolute atomic E-state index is 11.8. The molecular formula is C13H12ClN3O. The molecule has 5 heteroatoms. The molecule has 0 unspecified atom stereocenters. The molecule has 0 fully saturated rings. The maximum Gasteiger partial charge on any atom is 0.270 e. The Balaban J connectivity index is 1.96. The summed E-state index contributed by atoms with van der Waals surface area (Å²) in [6.07, 6.45) is 1.46. The predicted octanol–water partition coefficient (Wildman–Crippen LogP) is 2.25. The van der Waals surface area contributed by atoms with Gasteiger partial charge in [0.05, 0.1) is 11.9 Å². The van der Waals surface area contributed by atoms with Crippen LogP contribution in [0.4, 0.5) is 5.69 Å². The van der Waals surface area contributed by atoms with Crippen LogP contribution in [-0.4, -0.2) is 10.9 Å². The van der Waals surface area contributed by atoms with E-state index in [-0.39, 0.29) is 5.91 Å². The van der Waals surface area contributed by atoms with E-state index in [0.29, 0.717) is 22.9 Å². The molecular weight excluding hydrogens is 250 g/mol. The van der Waals surface area contributed by atoms with Crippen LogP contribution in [0.2, 0.25) is 5.02 Å². The number of carbonyl (C=O) groups is 1. The lowest BCUT2D eigenvalue weighted by molar-refractivity contribution is 0.0946. The van der Waals surface area contributed by atoms with Gasteiger partial charge in [-0.15, -0.1) is 0 Å². The summed E-state index contributed by atoms with van der Waals surface area (Å²) in [5.41, 5.74) is 7.35. The Kier molecular flexibility index (Phi) is 3.79. The Morgan fingerprint density at radius 2 is 1.94 bits per heavy atom. The third kappa shape index (κ3) is 3.21. The zero-order valence-corrected chi connectivity index (χ0v) is 10.3. The number of nitrogen functional groups attached to an aromatic ring is 1. The Morgan fingerprint density at radius 3 is 2.56 bits per heavy atom. The summed E-state index contributed by atoms with van der Waals surface area (Å²) in [6, 6.07) is 10.5. The van der Waals surface area contributed by atoms with E-state index >= 15 is 0 Å². The third-order valence-corrected chi connectivity index (χ3v) is 2.64. The zero-order valence-electron chi connectivity index (χ0n) is 9.56. The molecule has 1 aromatic heterocycles. The van der Waals surface area contributed by atoms with Crippen LogP contribution in [0.5, 0.6) is 0 Å². The Morgan fingerprint density at radius 1 is 1.22 bits per heavy atom. The molecule has 2 aromatic rings. The summed E-state index contributed by atoms with van der Waals surface area (Å²) in [5.74, 6) is -0.232. The topological polar surface area (TPSA) is 68.0 Å². The number of rotatable bonds is 3. The summed E-state index contributed by atoms with van der Waals surface area (Å²) < 4.78 is 0. The lowest BCUT2D eigenvalue weighted by Crippen LogP contribution is -2.23. The van der Waals surface area contributed by atoms with Crippen molar-refractivity contribution in [3.63, 3.8) is 0 Å². The van der Waals surface area contributed by atoms with Gasteiger partial charge in [-0.2, -0.15) is 0 Å². The van der Waals surface area contributed by atoms with Crippen molar-refractivity contribution in [2.75, 3.05) is 5.73 Å². The van der Waals surface area contributed by atoms with Gasteiger partial charge in [-0.25, -0.2) is 4.98 Å². The van der Waals surface area contributed by atoms with Gasteiger partial charge >= 0.3 is 0 Å². The van der Waals surface area contributed by atoms with Gasteiger partial charge < -0.3 is 11.1 Å². The summed E-state index contributed by atoms with van der Waals surface area (Å²) >= 11 is 5.78. The van der Waals surface area contributed by atoms with Gasteiger partial charge in [0, 0.05) is 11.6 Å². The first-order chi connectivity index (χ1) is 8.65. The smallest absolute Gasteiger partial charge is 0.270 e. The second kappa shape index (κ2) is 5.51. The Hall–Kier alpha value is -2.07. The molecule has 92 valence electrons. The number of hydrogen-bond acceptors (Lipinski definition) is 3. The lowest BCUT2D eigenvalue weighted by atomic mass is 10.2. The number of aromatic nitrogens is 1. The monoisotopic (exact) mass is 261 g/mol. The van der Waals surface area contributed by atoms with Gasteiger partial charge in [-0.05, 0) is 29.8 Å². The number of pyridine rings is 1. The van der Waals surface area contributed by atoms with Crippen molar-refractivity contribution in [3.8, 4) is 0 Å². The van der Waals surface area contributed by atoms with Gasteiger partial charge in [0.1, 0.15) is 5.69 Å². The Bertz CT molecular complexity index is 537. The molecule has 18 heavy (non-hydrogen) atoms. The summed E-state index contributed by atoms with van der Waals surface area (Å²) in [5, 5.41) is 3.44. The number of nitrogens with one attached hydrogen (secondary N) is 1. The zero-order chi connectivity index (χ0) is 13.0. The fraction of sp³-hybridized carbons (Fsp3) is 0.0769. The second-order valence-electron chi connectivity index (χ2n) is 3.79. The highest BCUT2D eigenvalue weighted by atomic mass is 35.5. The molecule has 0 aliphatic carbocycles. The largest absolute Gasteiger partial charge is 0.397 e. The van der Waals surface area contributed by atoms with Crippen LogP contribution < -0.4 is 11.1 Å². The quantitative estimate of drug-likeness (QED) is 0.890. The van der Waals surface area contributed by atoms with Crippen LogP contribution in [0, 0.1) is 0 Å². The van der Waals surface area contributed by atoms with E-state index in [1.54, 1.807) is 24.3 Å². The minimum Gasteiger partial charge on any atom is -0.397 e. The molecule has 1 heterocycles. The number of nitrogens with two attached hydrogens (primary N) is 1. The first kappa shape index (κ1) is 12.4. The van der Waals surface area contributed by atoms with Crippen molar-refractivity contribution in [2.24, 2.45) is 0 Å². The average molecular weight is 262 g/mol. The molecule has 1 aromatic carbocycles. The molecule has 0 bridgehead atoms. The minimum absolute atomic E-state index is 0.232. The minimum atomic E-state index is -0.232. The van der Waals surface area contributed by atoms with Crippen LogP contribution in [0.1, 0.15) is 16.1 Å². The molecule has 0 atom stereocenters. The van der Waals surface area contributed by atoms with E-state index in [1.165, 1.54) is 6.20 Å². The van der Waals surface area contributed by atoms with Gasteiger partial charge in [0.15, 0.2) is 0 Å². The van der Waals surface area contributed by atoms with E-state index in [1.807, 2.05) is 12.1 Å². The fourth-order valence-electron chi connectivity index (χ4n) is 1.41. The molecule has 0 aliphatic heterocycles. The maximum atomic E-state index is 11.8. The SMILES string of the molecule is Nc1ccc(C(=O)NCc2ccc(Cl)cc2)nc1. The van der Waals surface area contributed by atoms with E-state index in [4.69, 9.17) is 17.3 Å². The number of hydrogen-bond donors (Lipinski definition) is 2. The van der Waals surface area contributed by atoms with Crippen LogP contribution >= 0.6 is 11.6 Å². The number of carbonyl (C=O) groups excluding carboxylic acids is 1. The standard InChI is InChI=1S/C13H12ClN3O/c14-10-3-1-9(2-4-10)7-17-13(18)12-6-5-11(15)8-16-12/h1-6,8H,7,15H2,(H,17,18). The van der Waals surface area contributed by atoms with E-state index in [2.05, 4.69) is 10.3 Å².